The Kier molecular flexibility index (Phi) is 4.34. The summed E-state index contributed by atoms with van der Waals surface area (Å²) in [6, 6.07) is 2.59. The second-order valence-corrected chi connectivity index (χ2v) is 3.52. The minimum Gasteiger partial charge on any atom is -0.496 e. The molecule has 0 spiro atoms. The first-order valence-electron chi connectivity index (χ1n) is 5.11. The summed E-state index contributed by atoms with van der Waals surface area (Å²) >= 11 is 0. The Balaban J connectivity index is 3.25. The summed E-state index contributed by atoms with van der Waals surface area (Å²) in [7, 11) is 4.39. The molecule has 1 aromatic rings. The van der Waals surface area contributed by atoms with Crippen LogP contribution in [0.1, 0.15) is 17.2 Å². The van der Waals surface area contributed by atoms with Crippen molar-refractivity contribution >= 4 is 5.97 Å². The Hall–Kier alpha value is -1.75. The number of nitrogens with two attached hydrogens (primary N) is 1. The van der Waals surface area contributed by atoms with E-state index in [9.17, 15) is 4.79 Å². The Morgan fingerprint density at radius 1 is 1.24 bits per heavy atom. The summed E-state index contributed by atoms with van der Waals surface area (Å²) in [4.78, 5) is 11.4. The van der Waals surface area contributed by atoms with Gasteiger partial charge in [0, 0.05) is 11.1 Å². The lowest BCUT2D eigenvalue weighted by molar-refractivity contribution is -0.142. The van der Waals surface area contributed by atoms with Crippen molar-refractivity contribution in [3.8, 4) is 11.5 Å². The van der Waals surface area contributed by atoms with E-state index in [1.54, 1.807) is 19.2 Å². The van der Waals surface area contributed by atoms with Crippen LogP contribution in [0.5, 0.6) is 11.5 Å². The first kappa shape index (κ1) is 13.3. The van der Waals surface area contributed by atoms with E-state index in [1.165, 1.54) is 14.2 Å². The highest BCUT2D eigenvalue weighted by Crippen LogP contribution is 2.34. The molecule has 0 fully saturated rings. The number of carbonyl (C=O) groups is 1. The maximum atomic E-state index is 11.4. The van der Waals surface area contributed by atoms with Gasteiger partial charge in [-0.1, -0.05) is 0 Å². The van der Waals surface area contributed by atoms with Crippen molar-refractivity contribution in [2.45, 2.75) is 13.0 Å². The normalized spacial score (nSPS) is 11.8. The lowest BCUT2D eigenvalue weighted by atomic mass is 10.0. The smallest absolute Gasteiger partial charge is 0.327 e. The van der Waals surface area contributed by atoms with E-state index in [1.807, 2.05) is 6.92 Å². The summed E-state index contributed by atoms with van der Waals surface area (Å²) in [5, 5.41) is 0. The zero-order chi connectivity index (χ0) is 13.0. The molecular weight excluding hydrogens is 222 g/mol. The number of rotatable bonds is 4. The van der Waals surface area contributed by atoms with Gasteiger partial charge in [-0.25, -0.2) is 0 Å². The molecular formula is C12H17NO4. The second kappa shape index (κ2) is 5.54. The molecule has 1 atom stereocenters. The van der Waals surface area contributed by atoms with Crippen LogP contribution >= 0.6 is 0 Å². The van der Waals surface area contributed by atoms with Gasteiger partial charge in [0.05, 0.1) is 21.3 Å². The van der Waals surface area contributed by atoms with E-state index in [4.69, 9.17) is 15.2 Å². The standard InChI is InChI=1S/C12H17NO4/c1-7-9(15-2)6-5-8(11(7)16-3)10(13)12(14)17-4/h5-6,10H,13H2,1-4H3. The van der Waals surface area contributed by atoms with E-state index in [0.29, 0.717) is 17.1 Å². The van der Waals surface area contributed by atoms with Crippen molar-refractivity contribution in [3.63, 3.8) is 0 Å². The van der Waals surface area contributed by atoms with Crippen LogP contribution in [0.3, 0.4) is 0 Å². The van der Waals surface area contributed by atoms with Crippen LogP contribution in [-0.4, -0.2) is 27.3 Å². The SMILES string of the molecule is COC(=O)C(N)c1ccc(OC)c(C)c1OC. The third-order valence-corrected chi connectivity index (χ3v) is 2.60. The molecule has 0 amide bonds. The third kappa shape index (κ3) is 2.50. The fraction of sp³-hybridized carbons (Fsp3) is 0.417. The van der Waals surface area contributed by atoms with Gasteiger partial charge in [-0.2, -0.15) is 0 Å². The third-order valence-electron chi connectivity index (χ3n) is 2.60. The van der Waals surface area contributed by atoms with Crippen LogP contribution in [0.15, 0.2) is 12.1 Å². The first-order chi connectivity index (χ1) is 8.06. The number of carbonyl (C=O) groups excluding carboxylic acids is 1. The molecule has 17 heavy (non-hydrogen) atoms. The Morgan fingerprint density at radius 2 is 1.88 bits per heavy atom. The quantitative estimate of drug-likeness (QED) is 0.799. The summed E-state index contributed by atoms with van der Waals surface area (Å²) in [5.74, 6) is 0.720. The van der Waals surface area contributed by atoms with Crippen molar-refractivity contribution in [1.82, 2.24) is 0 Å². The van der Waals surface area contributed by atoms with Crippen molar-refractivity contribution < 1.29 is 19.0 Å². The predicted molar refractivity (Wildman–Crippen MR) is 63.2 cm³/mol. The van der Waals surface area contributed by atoms with Crippen molar-refractivity contribution in [2.24, 2.45) is 5.73 Å². The van der Waals surface area contributed by atoms with Crippen molar-refractivity contribution in [2.75, 3.05) is 21.3 Å². The monoisotopic (exact) mass is 239 g/mol. The molecule has 1 rings (SSSR count). The van der Waals surface area contributed by atoms with Crippen LogP contribution in [0.25, 0.3) is 0 Å². The molecule has 0 bridgehead atoms. The zero-order valence-corrected chi connectivity index (χ0v) is 10.4. The zero-order valence-electron chi connectivity index (χ0n) is 10.4. The van der Waals surface area contributed by atoms with E-state index >= 15 is 0 Å². The number of benzene rings is 1. The van der Waals surface area contributed by atoms with Crippen LogP contribution < -0.4 is 15.2 Å². The molecule has 0 heterocycles. The predicted octanol–water partition coefficient (Wildman–Crippen LogP) is 1.19. The molecule has 0 aromatic heterocycles. The number of esters is 1. The molecule has 0 aliphatic heterocycles. The van der Waals surface area contributed by atoms with Gasteiger partial charge in [0.25, 0.3) is 0 Å². The van der Waals surface area contributed by atoms with Crippen molar-refractivity contribution in [1.29, 1.82) is 0 Å². The van der Waals surface area contributed by atoms with Gasteiger partial charge in [-0.15, -0.1) is 0 Å². The molecule has 0 aliphatic rings. The summed E-state index contributed by atoms with van der Waals surface area (Å²) in [5.41, 5.74) is 7.17. The molecule has 94 valence electrons. The van der Waals surface area contributed by atoms with Gasteiger partial charge in [0.15, 0.2) is 0 Å². The topological polar surface area (TPSA) is 70.8 Å². The largest absolute Gasteiger partial charge is 0.496 e. The Morgan fingerprint density at radius 3 is 2.35 bits per heavy atom. The first-order valence-corrected chi connectivity index (χ1v) is 5.11. The van der Waals surface area contributed by atoms with Crippen LogP contribution in [0.4, 0.5) is 0 Å². The van der Waals surface area contributed by atoms with Crippen LogP contribution in [-0.2, 0) is 9.53 Å². The van der Waals surface area contributed by atoms with Crippen LogP contribution in [0, 0.1) is 6.92 Å². The fourth-order valence-electron chi connectivity index (χ4n) is 1.69. The van der Waals surface area contributed by atoms with E-state index in [2.05, 4.69) is 4.74 Å². The molecule has 0 aliphatic carbocycles. The molecule has 0 saturated carbocycles. The van der Waals surface area contributed by atoms with Crippen LogP contribution in [0.2, 0.25) is 0 Å². The lowest BCUT2D eigenvalue weighted by Crippen LogP contribution is -2.23. The van der Waals surface area contributed by atoms with Gasteiger partial charge >= 0.3 is 5.97 Å². The molecule has 5 heteroatoms. The van der Waals surface area contributed by atoms with Gasteiger partial charge in [0.1, 0.15) is 17.5 Å². The average Bonchev–Trinajstić information content (AvgIpc) is 2.36. The van der Waals surface area contributed by atoms with Gasteiger partial charge in [-0.3, -0.25) is 4.79 Å². The van der Waals surface area contributed by atoms with E-state index in [-0.39, 0.29) is 0 Å². The van der Waals surface area contributed by atoms with Crippen molar-refractivity contribution in [3.05, 3.63) is 23.3 Å². The highest BCUT2D eigenvalue weighted by molar-refractivity contribution is 5.78. The minimum absolute atomic E-state index is 0.507. The molecule has 2 N–H and O–H groups in total. The van der Waals surface area contributed by atoms with Gasteiger partial charge in [0.2, 0.25) is 0 Å². The van der Waals surface area contributed by atoms with E-state index in [0.717, 1.165) is 5.56 Å². The van der Waals surface area contributed by atoms with E-state index < -0.39 is 12.0 Å². The number of hydrogen-bond acceptors (Lipinski definition) is 5. The molecule has 5 nitrogen and oxygen atoms in total. The summed E-state index contributed by atoms with van der Waals surface area (Å²) < 4.78 is 15.1. The van der Waals surface area contributed by atoms with Gasteiger partial charge in [-0.05, 0) is 19.1 Å². The fourth-order valence-corrected chi connectivity index (χ4v) is 1.69. The highest BCUT2D eigenvalue weighted by atomic mass is 16.5. The second-order valence-electron chi connectivity index (χ2n) is 3.52. The molecule has 0 saturated heterocycles. The molecule has 0 radical (unpaired) electrons. The number of hydrogen-bond donors (Lipinski definition) is 1. The Labute approximate surface area is 100 Å². The lowest BCUT2D eigenvalue weighted by Gasteiger charge is -2.17. The Bertz CT molecular complexity index is 417. The molecule has 1 unspecified atom stereocenters. The maximum Gasteiger partial charge on any atom is 0.327 e. The van der Waals surface area contributed by atoms with Gasteiger partial charge < -0.3 is 19.9 Å². The number of ether oxygens (including phenoxy) is 3. The minimum atomic E-state index is -0.862. The average molecular weight is 239 g/mol. The highest BCUT2D eigenvalue weighted by Gasteiger charge is 2.22. The summed E-state index contributed by atoms with van der Waals surface area (Å²) in [6.45, 7) is 1.84. The maximum absolute atomic E-state index is 11.4. The molecule has 1 aromatic carbocycles. The number of methoxy groups -OCH3 is 3. The summed E-state index contributed by atoms with van der Waals surface area (Å²) in [6.07, 6.45) is 0.